The number of carbonyl (C=O) groups is 1. The molecule has 8 heteroatoms. The number of hydrogen-bond acceptors (Lipinski definition) is 5. The second-order valence-electron chi connectivity index (χ2n) is 3.23. The van der Waals surface area contributed by atoms with Crippen molar-refractivity contribution in [1.29, 1.82) is 0 Å². The van der Waals surface area contributed by atoms with E-state index in [9.17, 15) is 13.2 Å². The van der Waals surface area contributed by atoms with Crippen molar-refractivity contribution in [3.8, 4) is 0 Å². The number of ether oxygens (including phenoxy) is 1. The van der Waals surface area contributed by atoms with Crippen LogP contribution in [-0.4, -0.2) is 36.7 Å². The third-order valence-corrected chi connectivity index (χ3v) is 3.22. The van der Waals surface area contributed by atoms with Gasteiger partial charge in [-0.2, -0.15) is 0 Å². The Morgan fingerprint density at radius 3 is 2.94 bits per heavy atom. The van der Waals surface area contributed by atoms with Crippen molar-refractivity contribution in [3.63, 3.8) is 0 Å². The smallest absolute Gasteiger partial charge is 0.306 e. The van der Waals surface area contributed by atoms with E-state index in [0.29, 0.717) is 5.82 Å². The fraction of sp³-hybridized carbons (Fsp3) is 0.556. The molecule has 0 unspecified atom stereocenters. The number of rotatable bonds is 7. The minimum absolute atomic E-state index is 0.0815. The van der Waals surface area contributed by atoms with Crippen LogP contribution in [0.2, 0.25) is 0 Å². The predicted octanol–water partition coefficient (Wildman–Crippen LogP) is -0.218. The van der Waals surface area contributed by atoms with Gasteiger partial charge in [-0.3, -0.25) is 4.79 Å². The Bertz CT molecular complexity index is 441. The van der Waals surface area contributed by atoms with Crippen molar-refractivity contribution in [3.05, 3.63) is 18.2 Å². The van der Waals surface area contributed by atoms with Crippen molar-refractivity contribution in [2.45, 2.75) is 19.9 Å². The molecule has 1 aromatic rings. The summed E-state index contributed by atoms with van der Waals surface area (Å²) >= 11 is 0. The summed E-state index contributed by atoms with van der Waals surface area (Å²) in [5, 5.41) is 0. The third kappa shape index (κ3) is 5.45. The van der Waals surface area contributed by atoms with Gasteiger partial charge in [0, 0.05) is 12.4 Å². The number of carbonyl (C=O) groups excluding carboxylic acids is 1. The average Bonchev–Trinajstić information content (AvgIpc) is 2.77. The summed E-state index contributed by atoms with van der Waals surface area (Å²) in [6, 6.07) is 0. The Labute approximate surface area is 99.6 Å². The van der Waals surface area contributed by atoms with Crippen LogP contribution in [0, 0.1) is 0 Å². The molecule has 1 heterocycles. The number of aromatic amines is 1. The molecule has 17 heavy (non-hydrogen) atoms. The minimum atomic E-state index is -3.48. The van der Waals surface area contributed by atoms with E-state index >= 15 is 0 Å². The maximum Gasteiger partial charge on any atom is 0.306 e. The maximum atomic E-state index is 11.5. The molecule has 0 atom stereocenters. The van der Waals surface area contributed by atoms with Gasteiger partial charge in [-0.25, -0.2) is 18.1 Å². The first-order valence-corrected chi connectivity index (χ1v) is 6.80. The zero-order chi connectivity index (χ0) is 12.7. The summed E-state index contributed by atoms with van der Waals surface area (Å²) < 4.78 is 29.9. The van der Waals surface area contributed by atoms with Crippen molar-refractivity contribution in [2.24, 2.45) is 0 Å². The van der Waals surface area contributed by atoms with Crippen LogP contribution >= 0.6 is 0 Å². The van der Waals surface area contributed by atoms with Crippen LogP contribution in [-0.2, 0) is 26.1 Å². The molecular weight excluding hydrogens is 246 g/mol. The van der Waals surface area contributed by atoms with Crippen molar-refractivity contribution in [2.75, 3.05) is 12.4 Å². The molecule has 0 saturated heterocycles. The Morgan fingerprint density at radius 2 is 2.35 bits per heavy atom. The molecule has 0 spiro atoms. The first-order valence-electron chi connectivity index (χ1n) is 5.14. The van der Waals surface area contributed by atoms with Gasteiger partial charge in [0.05, 0.1) is 25.3 Å². The topological polar surface area (TPSA) is 101 Å². The molecule has 0 aliphatic carbocycles. The Kier molecular flexibility index (Phi) is 5.11. The van der Waals surface area contributed by atoms with E-state index < -0.39 is 16.0 Å². The molecule has 0 saturated carbocycles. The summed E-state index contributed by atoms with van der Waals surface area (Å²) in [6.07, 6.45) is 2.98. The third-order valence-electron chi connectivity index (χ3n) is 1.89. The Morgan fingerprint density at radius 1 is 1.59 bits per heavy atom. The van der Waals surface area contributed by atoms with E-state index in [2.05, 4.69) is 19.4 Å². The number of sulfonamides is 1. The average molecular weight is 261 g/mol. The first-order chi connectivity index (χ1) is 8.03. The molecule has 0 aromatic carbocycles. The normalized spacial score (nSPS) is 11.4. The molecule has 0 aliphatic heterocycles. The van der Waals surface area contributed by atoms with Gasteiger partial charge in [0.1, 0.15) is 5.82 Å². The van der Waals surface area contributed by atoms with Gasteiger partial charge in [0.2, 0.25) is 10.0 Å². The SMILES string of the molecule is CCOC(=O)CCS(=O)(=O)NCc1ncc[nH]1. The fourth-order valence-corrected chi connectivity index (χ4v) is 2.03. The van der Waals surface area contributed by atoms with Crippen molar-refractivity contribution in [1.82, 2.24) is 14.7 Å². The van der Waals surface area contributed by atoms with Crippen LogP contribution in [0.25, 0.3) is 0 Å². The van der Waals surface area contributed by atoms with Crippen LogP contribution < -0.4 is 4.72 Å². The van der Waals surface area contributed by atoms with Gasteiger partial charge in [-0.1, -0.05) is 0 Å². The van der Waals surface area contributed by atoms with Gasteiger partial charge in [-0.15, -0.1) is 0 Å². The summed E-state index contributed by atoms with van der Waals surface area (Å²) in [5.74, 6) is -0.285. The second-order valence-corrected chi connectivity index (χ2v) is 5.16. The molecule has 1 aromatic heterocycles. The Balaban J connectivity index is 2.33. The van der Waals surface area contributed by atoms with Crippen molar-refractivity contribution >= 4 is 16.0 Å². The monoisotopic (exact) mass is 261 g/mol. The van der Waals surface area contributed by atoms with Crippen LogP contribution in [0.15, 0.2) is 12.4 Å². The molecule has 96 valence electrons. The highest BCUT2D eigenvalue weighted by Gasteiger charge is 2.13. The molecule has 7 nitrogen and oxygen atoms in total. The molecule has 2 N–H and O–H groups in total. The van der Waals surface area contributed by atoms with Gasteiger partial charge in [0.25, 0.3) is 0 Å². The van der Waals surface area contributed by atoms with Gasteiger partial charge in [0.15, 0.2) is 0 Å². The van der Waals surface area contributed by atoms with Crippen LogP contribution in [0.4, 0.5) is 0 Å². The fourth-order valence-electron chi connectivity index (χ4n) is 1.10. The summed E-state index contributed by atoms with van der Waals surface area (Å²) in [4.78, 5) is 17.6. The number of hydrogen-bond donors (Lipinski definition) is 2. The highest BCUT2D eigenvalue weighted by atomic mass is 32.2. The van der Waals surface area contributed by atoms with E-state index in [4.69, 9.17) is 0 Å². The number of nitrogens with one attached hydrogen (secondary N) is 2. The molecule has 1 rings (SSSR count). The number of esters is 1. The van der Waals surface area contributed by atoms with E-state index in [1.165, 1.54) is 6.20 Å². The first kappa shape index (κ1) is 13.7. The summed E-state index contributed by atoms with van der Waals surface area (Å²) in [6.45, 7) is 2.00. The summed E-state index contributed by atoms with van der Waals surface area (Å²) in [7, 11) is -3.48. The minimum Gasteiger partial charge on any atom is -0.466 e. The molecule has 0 amide bonds. The molecule has 0 radical (unpaired) electrons. The quantitative estimate of drug-likeness (QED) is 0.661. The van der Waals surface area contributed by atoms with Gasteiger partial charge in [-0.05, 0) is 6.92 Å². The van der Waals surface area contributed by atoms with Crippen molar-refractivity contribution < 1.29 is 17.9 Å². The van der Waals surface area contributed by atoms with Gasteiger partial charge >= 0.3 is 5.97 Å². The number of H-pyrrole nitrogens is 1. The lowest BCUT2D eigenvalue weighted by Crippen LogP contribution is -2.27. The molecule has 0 fully saturated rings. The zero-order valence-corrected chi connectivity index (χ0v) is 10.3. The number of imidazole rings is 1. The lowest BCUT2D eigenvalue weighted by molar-refractivity contribution is -0.142. The highest BCUT2D eigenvalue weighted by molar-refractivity contribution is 7.89. The zero-order valence-electron chi connectivity index (χ0n) is 9.47. The Hall–Kier alpha value is -1.41. The van der Waals surface area contributed by atoms with Crippen LogP contribution in [0.1, 0.15) is 19.2 Å². The second kappa shape index (κ2) is 6.36. The van der Waals surface area contributed by atoms with E-state index in [1.807, 2.05) is 0 Å². The highest BCUT2D eigenvalue weighted by Crippen LogP contribution is 1.95. The lowest BCUT2D eigenvalue weighted by atomic mass is 10.5. The van der Waals surface area contributed by atoms with Crippen LogP contribution in [0.3, 0.4) is 0 Å². The van der Waals surface area contributed by atoms with Gasteiger partial charge < -0.3 is 9.72 Å². The maximum absolute atomic E-state index is 11.5. The number of aromatic nitrogens is 2. The van der Waals surface area contributed by atoms with E-state index in [-0.39, 0.29) is 25.3 Å². The molecular formula is C9H15N3O4S. The standard InChI is InChI=1S/C9H15N3O4S/c1-2-16-9(13)3-6-17(14,15)12-7-8-10-4-5-11-8/h4-5,12H,2-3,6-7H2,1H3,(H,10,11). The molecule has 0 bridgehead atoms. The predicted molar refractivity (Wildman–Crippen MR) is 60.5 cm³/mol. The van der Waals surface area contributed by atoms with Crippen LogP contribution in [0.5, 0.6) is 0 Å². The van der Waals surface area contributed by atoms with E-state index in [1.54, 1.807) is 13.1 Å². The molecule has 0 aliphatic rings. The van der Waals surface area contributed by atoms with E-state index in [0.717, 1.165) is 0 Å². The lowest BCUT2D eigenvalue weighted by Gasteiger charge is -2.05. The summed E-state index contributed by atoms with van der Waals surface area (Å²) in [5.41, 5.74) is 0. The number of nitrogens with zero attached hydrogens (tertiary/aromatic N) is 1. The largest absolute Gasteiger partial charge is 0.466 e.